The summed E-state index contributed by atoms with van der Waals surface area (Å²) in [5, 5.41) is 2.41. The Labute approximate surface area is 291 Å². The van der Waals surface area contributed by atoms with Crippen LogP contribution >= 0.6 is 0 Å². The highest BCUT2D eigenvalue weighted by atomic mass is 14.7. The van der Waals surface area contributed by atoms with Crippen LogP contribution in [0.15, 0.2) is 134 Å². The van der Waals surface area contributed by atoms with Crippen LogP contribution in [-0.4, -0.2) is 9.97 Å². The molecule has 0 fully saturated rings. The van der Waals surface area contributed by atoms with Gasteiger partial charge in [0.25, 0.3) is 0 Å². The minimum absolute atomic E-state index is 1.01. The molecule has 242 valence electrons. The standard InChI is InChI=1S/C47H44N2/c1-32-28-44(39-17-12-19-41(30-39)46-22-10-11-24-48-46)34(3)26-37(32)15-6-5-7-16-38-27-35(4)45(29-33(38)2)40-18-13-20-42(31-40)47-43-21-9-8-14-36(43)23-25-49-47/h8-14,17-31H,5-7,15-16H2,1-4H3. The highest BCUT2D eigenvalue weighted by molar-refractivity contribution is 5.95. The van der Waals surface area contributed by atoms with Crippen LogP contribution in [0.25, 0.3) is 55.5 Å². The molecule has 7 aromatic rings. The molecule has 0 aliphatic heterocycles. The number of benzene rings is 5. The average molecular weight is 637 g/mol. The molecule has 0 saturated heterocycles. The van der Waals surface area contributed by atoms with Crippen LogP contribution in [0.5, 0.6) is 0 Å². The lowest BCUT2D eigenvalue weighted by Gasteiger charge is -2.15. The summed E-state index contributed by atoms with van der Waals surface area (Å²) in [4.78, 5) is 9.32. The molecule has 0 radical (unpaired) electrons. The number of rotatable bonds is 10. The van der Waals surface area contributed by atoms with Gasteiger partial charge in [-0.05, 0) is 145 Å². The maximum absolute atomic E-state index is 4.77. The molecule has 0 aliphatic carbocycles. The highest BCUT2D eigenvalue weighted by Gasteiger charge is 2.12. The summed E-state index contributed by atoms with van der Waals surface area (Å²) in [6.07, 6.45) is 9.66. The van der Waals surface area contributed by atoms with Crippen molar-refractivity contribution < 1.29 is 0 Å². The van der Waals surface area contributed by atoms with Crippen molar-refractivity contribution in [3.63, 3.8) is 0 Å². The highest BCUT2D eigenvalue weighted by Crippen LogP contribution is 2.34. The lowest BCUT2D eigenvalue weighted by molar-refractivity contribution is 0.675. The SMILES string of the molecule is Cc1cc(-c2cccc(-c3ccccn3)c2)c(C)cc1CCCCCc1cc(C)c(-c2cccc(-c3nccc4ccccc34)c2)cc1C. The first kappa shape index (κ1) is 32.2. The molecule has 2 heterocycles. The molecule has 0 saturated carbocycles. The zero-order valence-electron chi connectivity index (χ0n) is 29.1. The van der Waals surface area contributed by atoms with Crippen LogP contribution < -0.4 is 0 Å². The van der Waals surface area contributed by atoms with E-state index in [2.05, 4.69) is 142 Å². The van der Waals surface area contributed by atoms with Gasteiger partial charge in [0, 0.05) is 28.9 Å². The topological polar surface area (TPSA) is 25.8 Å². The number of pyridine rings is 2. The van der Waals surface area contributed by atoms with Crippen molar-refractivity contribution in [2.24, 2.45) is 0 Å². The predicted molar refractivity (Wildman–Crippen MR) is 208 cm³/mol. The van der Waals surface area contributed by atoms with Crippen LogP contribution in [0.4, 0.5) is 0 Å². The third kappa shape index (κ3) is 7.10. The Hall–Kier alpha value is -5.34. The lowest BCUT2D eigenvalue weighted by atomic mass is 9.90. The van der Waals surface area contributed by atoms with Crippen molar-refractivity contribution in [2.75, 3.05) is 0 Å². The molecule has 0 spiro atoms. The largest absolute Gasteiger partial charge is 0.256 e. The van der Waals surface area contributed by atoms with E-state index in [1.807, 2.05) is 24.5 Å². The summed E-state index contributed by atoms with van der Waals surface area (Å²) in [6.45, 7) is 9.04. The fraction of sp³-hybridized carbons (Fsp3) is 0.191. The lowest BCUT2D eigenvalue weighted by Crippen LogP contribution is -1.97. The van der Waals surface area contributed by atoms with Crippen LogP contribution in [0.2, 0.25) is 0 Å². The van der Waals surface area contributed by atoms with E-state index in [1.165, 1.54) is 85.7 Å². The molecule has 0 unspecified atom stereocenters. The molecule has 0 bridgehead atoms. The van der Waals surface area contributed by atoms with E-state index >= 15 is 0 Å². The Morgan fingerprint density at radius 3 is 1.67 bits per heavy atom. The first-order chi connectivity index (χ1) is 23.9. The summed E-state index contributed by atoms with van der Waals surface area (Å²) < 4.78 is 0. The van der Waals surface area contributed by atoms with Gasteiger partial charge in [0.1, 0.15) is 0 Å². The molecule has 2 aromatic heterocycles. The Kier molecular flexibility index (Phi) is 9.48. The van der Waals surface area contributed by atoms with Crippen LogP contribution in [0.1, 0.15) is 52.6 Å². The fourth-order valence-electron chi connectivity index (χ4n) is 7.28. The van der Waals surface area contributed by atoms with Crippen molar-refractivity contribution in [1.82, 2.24) is 9.97 Å². The third-order valence-electron chi connectivity index (χ3n) is 10.0. The molecule has 2 heteroatoms. The van der Waals surface area contributed by atoms with Gasteiger partial charge in [0.05, 0.1) is 11.4 Å². The Morgan fingerprint density at radius 2 is 1.02 bits per heavy atom. The summed E-state index contributed by atoms with van der Waals surface area (Å²) in [6, 6.07) is 43.9. The number of hydrogen-bond donors (Lipinski definition) is 0. The monoisotopic (exact) mass is 636 g/mol. The van der Waals surface area contributed by atoms with E-state index in [1.54, 1.807) is 0 Å². The average Bonchev–Trinajstić information content (AvgIpc) is 3.14. The molecular formula is C47H44N2. The molecule has 7 rings (SSSR count). The van der Waals surface area contributed by atoms with Gasteiger partial charge < -0.3 is 0 Å². The van der Waals surface area contributed by atoms with Crippen LogP contribution in [0.3, 0.4) is 0 Å². The number of hydrogen-bond acceptors (Lipinski definition) is 2. The first-order valence-corrected chi connectivity index (χ1v) is 17.6. The van der Waals surface area contributed by atoms with Gasteiger partial charge in [-0.3, -0.25) is 9.97 Å². The zero-order valence-corrected chi connectivity index (χ0v) is 29.1. The zero-order chi connectivity index (χ0) is 33.7. The molecule has 5 aromatic carbocycles. The second-order valence-corrected chi connectivity index (χ2v) is 13.5. The van der Waals surface area contributed by atoms with Crippen molar-refractivity contribution >= 4 is 10.8 Å². The molecule has 49 heavy (non-hydrogen) atoms. The third-order valence-corrected chi connectivity index (χ3v) is 10.0. The second kappa shape index (κ2) is 14.4. The van der Waals surface area contributed by atoms with E-state index in [0.29, 0.717) is 0 Å². The molecule has 2 nitrogen and oxygen atoms in total. The van der Waals surface area contributed by atoms with Crippen molar-refractivity contribution in [3.05, 3.63) is 167 Å². The number of fused-ring (bicyclic) bond motifs is 1. The molecule has 0 atom stereocenters. The number of aryl methyl sites for hydroxylation is 6. The van der Waals surface area contributed by atoms with Crippen molar-refractivity contribution in [3.8, 4) is 44.8 Å². The van der Waals surface area contributed by atoms with Gasteiger partial charge in [-0.25, -0.2) is 0 Å². The van der Waals surface area contributed by atoms with Gasteiger partial charge in [-0.1, -0.05) is 97.4 Å². The van der Waals surface area contributed by atoms with E-state index in [-0.39, 0.29) is 0 Å². The number of nitrogens with zero attached hydrogens (tertiary/aromatic N) is 2. The van der Waals surface area contributed by atoms with Gasteiger partial charge in [-0.2, -0.15) is 0 Å². The Balaban J connectivity index is 0.983. The van der Waals surface area contributed by atoms with Crippen molar-refractivity contribution in [2.45, 2.75) is 59.8 Å². The quantitative estimate of drug-likeness (QED) is 0.140. The molecule has 0 aliphatic rings. The Morgan fingerprint density at radius 1 is 0.429 bits per heavy atom. The second-order valence-electron chi connectivity index (χ2n) is 13.5. The summed E-state index contributed by atoms with van der Waals surface area (Å²) >= 11 is 0. The molecule has 0 amide bonds. The molecule has 0 N–H and O–H groups in total. The predicted octanol–water partition coefficient (Wildman–Crippen LogP) is 12.5. The molecular weight excluding hydrogens is 593 g/mol. The number of unbranched alkanes of at least 4 members (excludes halogenated alkanes) is 2. The first-order valence-electron chi connectivity index (χ1n) is 17.6. The van der Waals surface area contributed by atoms with Crippen LogP contribution in [0, 0.1) is 27.7 Å². The van der Waals surface area contributed by atoms with E-state index in [0.717, 1.165) is 35.4 Å². The van der Waals surface area contributed by atoms with E-state index < -0.39 is 0 Å². The van der Waals surface area contributed by atoms with Gasteiger partial charge in [-0.15, -0.1) is 0 Å². The number of aromatic nitrogens is 2. The van der Waals surface area contributed by atoms with E-state index in [9.17, 15) is 0 Å². The van der Waals surface area contributed by atoms with Gasteiger partial charge >= 0.3 is 0 Å². The fourth-order valence-corrected chi connectivity index (χ4v) is 7.28. The van der Waals surface area contributed by atoms with Gasteiger partial charge in [0.2, 0.25) is 0 Å². The smallest absolute Gasteiger partial charge is 0.0780 e. The minimum atomic E-state index is 1.01. The maximum Gasteiger partial charge on any atom is 0.0780 e. The summed E-state index contributed by atoms with van der Waals surface area (Å²) in [7, 11) is 0. The van der Waals surface area contributed by atoms with Gasteiger partial charge in [0.15, 0.2) is 0 Å². The summed E-state index contributed by atoms with van der Waals surface area (Å²) in [5.74, 6) is 0. The van der Waals surface area contributed by atoms with Crippen LogP contribution in [-0.2, 0) is 12.8 Å². The summed E-state index contributed by atoms with van der Waals surface area (Å²) in [5.41, 5.74) is 17.9. The normalized spacial score (nSPS) is 11.3. The van der Waals surface area contributed by atoms with Crippen molar-refractivity contribution in [1.29, 1.82) is 0 Å². The van der Waals surface area contributed by atoms with E-state index in [4.69, 9.17) is 4.98 Å². The minimum Gasteiger partial charge on any atom is -0.256 e. The maximum atomic E-state index is 4.77. The Bertz CT molecular complexity index is 2240.